The van der Waals surface area contributed by atoms with Gasteiger partial charge in [0.1, 0.15) is 5.75 Å². The summed E-state index contributed by atoms with van der Waals surface area (Å²) in [6.45, 7) is 1.25. The van der Waals surface area contributed by atoms with E-state index in [0.29, 0.717) is 17.2 Å². The number of halogens is 1. The van der Waals surface area contributed by atoms with E-state index < -0.39 is 0 Å². The minimum atomic E-state index is -0.0715. The van der Waals surface area contributed by atoms with Gasteiger partial charge in [-0.1, -0.05) is 33.3 Å². The Morgan fingerprint density at radius 2 is 2.26 bits per heavy atom. The summed E-state index contributed by atoms with van der Waals surface area (Å²) in [5.41, 5.74) is 1.48. The Labute approximate surface area is 170 Å². The molecule has 1 fully saturated rings. The number of amides is 1. The second-order valence-electron chi connectivity index (χ2n) is 6.39. The van der Waals surface area contributed by atoms with Crippen LogP contribution in [0.4, 0.5) is 5.13 Å². The van der Waals surface area contributed by atoms with Crippen LogP contribution in [0.15, 0.2) is 46.9 Å². The van der Waals surface area contributed by atoms with Crippen LogP contribution in [0.3, 0.4) is 0 Å². The van der Waals surface area contributed by atoms with Crippen LogP contribution < -0.4 is 9.64 Å². The van der Waals surface area contributed by atoms with Crippen molar-refractivity contribution in [3.05, 3.63) is 52.5 Å². The van der Waals surface area contributed by atoms with Crippen LogP contribution in [-0.2, 0) is 4.74 Å². The lowest BCUT2D eigenvalue weighted by Gasteiger charge is -2.23. The first kappa shape index (κ1) is 18.4. The molecule has 3 aromatic rings. The van der Waals surface area contributed by atoms with Gasteiger partial charge in [-0.15, -0.1) is 0 Å². The van der Waals surface area contributed by atoms with Gasteiger partial charge in [-0.3, -0.25) is 9.69 Å². The monoisotopic (exact) mass is 446 g/mol. The molecule has 7 heteroatoms. The van der Waals surface area contributed by atoms with Crippen molar-refractivity contribution < 1.29 is 14.3 Å². The fourth-order valence-electron chi connectivity index (χ4n) is 3.15. The van der Waals surface area contributed by atoms with E-state index in [2.05, 4.69) is 15.9 Å². The predicted octanol–water partition coefficient (Wildman–Crippen LogP) is 4.89. The highest BCUT2D eigenvalue weighted by Crippen LogP contribution is 2.33. The van der Waals surface area contributed by atoms with Crippen LogP contribution in [0.5, 0.6) is 5.75 Å². The lowest BCUT2D eigenvalue weighted by Crippen LogP contribution is -2.37. The molecule has 27 heavy (non-hydrogen) atoms. The number of rotatable bonds is 5. The fourth-order valence-corrected chi connectivity index (χ4v) is 4.55. The van der Waals surface area contributed by atoms with Gasteiger partial charge in [-0.2, -0.15) is 0 Å². The smallest absolute Gasteiger partial charge is 0.260 e. The van der Waals surface area contributed by atoms with Gasteiger partial charge < -0.3 is 9.47 Å². The summed E-state index contributed by atoms with van der Waals surface area (Å²) in [4.78, 5) is 19.7. The van der Waals surface area contributed by atoms with Crippen molar-refractivity contribution in [2.75, 3.05) is 25.2 Å². The summed E-state index contributed by atoms with van der Waals surface area (Å²) < 4.78 is 12.9. The molecule has 0 aliphatic carbocycles. The third kappa shape index (κ3) is 4.00. The number of ether oxygens (including phenoxy) is 2. The predicted molar refractivity (Wildman–Crippen MR) is 111 cm³/mol. The van der Waals surface area contributed by atoms with Crippen molar-refractivity contribution in [1.82, 2.24) is 4.98 Å². The van der Waals surface area contributed by atoms with Crippen LogP contribution in [-0.4, -0.2) is 37.3 Å². The van der Waals surface area contributed by atoms with Crippen molar-refractivity contribution in [2.24, 2.45) is 0 Å². The normalized spacial score (nSPS) is 16.6. The summed E-state index contributed by atoms with van der Waals surface area (Å²) >= 11 is 4.94. The molecule has 5 nitrogen and oxygen atoms in total. The van der Waals surface area contributed by atoms with Crippen molar-refractivity contribution in [1.29, 1.82) is 0 Å². The van der Waals surface area contributed by atoms with Crippen LogP contribution in [0.1, 0.15) is 23.2 Å². The number of anilines is 1. The quantitative estimate of drug-likeness (QED) is 0.559. The number of carbonyl (C=O) groups is 1. The van der Waals surface area contributed by atoms with E-state index in [1.807, 2.05) is 42.5 Å². The molecule has 2 heterocycles. The number of carbonyl (C=O) groups excluding carboxylic acids is 1. The fraction of sp³-hybridized carbons (Fsp3) is 0.300. The summed E-state index contributed by atoms with van der Waals surface area (Å²) in [5.74, 6) is 0.708. The first-order valence-electron chi connectivity index (χ1n) is 8.77. The number of hydrogen-bond acceptors (Lipinski definition) is 5. The van der Waals surface area contributed by atoms with Crippen LogP contribution in [0.25, 0.3) is 10.2 Å². The molecular weight excluding hydrogens is 428 g/mol. The molecule has 1 atom stereocenters. The van der Waals surface area contributed by atoms with E-state index in [0.717, 1.165) is 39.9 Å². The van der Waals surface area contributed by atoms with E-state index in [-0.39, 0.29) is 12.0 Å². The van der Waals surface area contributed by atoms with Gasteiger partial charge in [-0.25, -0.2) is 4.98 Å². The molecule has 1 aliphatic heterocycles. The molecule has 1 aliphatic rings. The average Bonchev–Trinajstić information content (AvgIpc) is 3.34. The molecular formula is C20H19BrN2O3S. The zero-order valence-corrected chi connectivity index (χ0v) is 17.3. The molecule has 140 valence electrons. The highest BCUT2D eigenvalue weighted by Gasteiger charge is 2.27. The average molecular weight is 447 g/mol. The first-order valence-corrected chi connectivity index (χ1v) is 10.4. The molecule has 1 unspecified atom stereocenters. The second kappa shape index (κ2) is 7.96. The molecule has 1 saturated heterocycles. The maximum Gasteiger partial charge on any atom is 0.260 e. The summed E-state index contributed by atoms with van der Waals surface area (Å²) in [5, 5.41) is 0.679. The maximum atomic E-state index is 13.3. The first-order chi connectivity index (χ1) is 13.1. The van der Waals surface area contributed by atoms with Gasteiger partial charge in [0.2, 0.25) is 0 Å². The lowest BCUT2D eigenvalue weighted by molar-refractivity contribution is 0.0917. The number of fused-ring (bicyclic) bond motifs is 1. The number of hydrogen-bond donors (Lipinski definition) is 0. The van der Waals surface area contributed by atoms with Crippen molar-refractivity contribution in [3.63, 3.8) is 0 Å². The third-order valence-electron chi connectivity index (χ3n) is 4.54. The third-order valence-corrected chi connectivity index (χ3v) is 6.08. The van der Waals surface area contributed by atoms with Gasteiger partial charge in [0.05, 0.1) is 30.0 Å². The zero-order valence-electron chi connectivity index (χ0n) is 14.9. The molecule has 2 aromatic carbocycles. The molecule has 0 bridgehead atoms. The Kier molecular flexibility index (Phi) is 5.43. The van der Waals surface area contributed by atoms with Crippen LogP contribution in [0.2, 0.25) is 0 Å². The SMILES string of the molecule is COc1ccc2nc(N(CC3CCCO3)C(=O)c3cccc(Br)c3)sc2c1. The Morgan fingerprint density at radius 3 is 3.00 bits per heavy atom. The highest BCUT2D eigenvalue weighted by atomic mass is 79.9. The van der Waals surface area contributed by atoms with Gasteiger partial charge >= 0.3 is 0 Å². The minimum absolute atomic E-state index is 0.0441. The van der Waals surface area contributed by atoms with E-state index in [1.165, 1.54) is 11.3 Å². The zero-order chi connectivity index (χ0) is 18.8. The van der Waals surface area contributed by atoms with E-state index in [4.69, 9.17) is 14.5 Å². The molecule has 4 rings (SSSR count). The van der Waals surface area contributed by atoms with Crippen molar-refractivity contribution in [2.45, 2.75) is 18.9 Å². The van der Waals surface area contributed by atoms with Crippen LogP contribution >= 0.6 is 27.3 Å². The van der Waals surface area contributed by atoms with E-state index in [9.17, 15) is 4.79 Å². The second-order valence-corrected chi connectivity index (χ2v) is 8.32. The molecule has 1 aromatic heterocycles. The number of nitrogens with zero attached hydrogens (tertiary/aromatic N) is 2. The largest absolute Gasteiger partial charge is 0.497 e. The number of methoxy groups -OCH3 is 1. The molecule has 1 amide bonds. The standard InChI is InChI=1S/C20H19BrN2O3S/c1-25-15-7-8-17-18(11-15)27-20(22-17)23(12-16-6-3-9-26-16)19(24)13-4-2-5-14(21)10-13/h2,4-5,7-8,10-11,16H,3,6,9,12H2,1H3. The maximum absolute atomic E-state index is 13.3. The van der Waals surface area contributed by atoms with Crippen molar-refractivity contribution >= 4 is 48.5 Å². The topological polar surface area (TPSA) is 51.7 Å². The summed E-state index contributed by atoms with van der Waals surface area (Å²) in [7, 11) is 1.64. The molecule has 0 spiro atoms. The van der Waals surface area contributed by atoms with E-state index >= 15 is 0 Å². The Morgan fingerprint density at radius 1 is 1.37 bits per heavy atom. The van der Waals surface area contributed by atoms with Crippen LogP contribution in [0, 0.1) is 0 Å². The Hall–Kier alpha value is -1.96. The Balaban J connectivity index is 1.71. The van der Waals surface area contributed by atoms with Crippen molar-refractivity contribution in [3.8, 4) is 5.75 Å². The molecule has 0 N–H and O–H groups in total. The summed E-state index contributed by atoms with van der Waals surface area (Å²) in [6.07, 6.45) is 2.03. The van der Waals surface area contributed by atoms with Gasteiger partial charge in [0.15, 0.2) is 5.13 Å². The Bertz CT molecular complexity index is 969. The number of aromatic nitrogens is 1. The minimum Gasteiger partial charge on any atom is -0.497 e. The number of benzene rings is 2. The lowest BCUT2D eigenvalue weighted by atomic mass is 10.2. The highest BCUT2D eigenvalue weighted by molar-refractivity contribution is 9.10. The summed E-state index contributed by atoms with van der Waals surface area (Å²) in [6, 6.07) is 13.2. The number of thiazole rings is 1. The molecule has 0 radical (unpaired) electrons. The van der Waals surface area contributed by atoms with Gasteiger partial charge in [-0.05, 0) is 49.2 Å². The van der Waals surface area contributed by atoms with Gasteiger partial charge in [0.25, 0.3) is 5.91 Å². The molecule has 0 saturated carbocycles. The van der Waals surface area contributed by atoms with E-state index in [1.54, 1.807) is 12.0 Å². The van der Waals surface area contributed by atoms with Gasteiger partial charge in [0, 0.05) is 16.6 Å².